The van der Waals surface area contributed by atoms with E-state index in [2.05, 4.69) is 5.32 Å². The fourth-order valence-electron chi connectivity index (χ4n) is 1.92. The summed E-state index contributed by atoms with van der Waals surface area (Å²) in [5, 5.41) is 2.39. The first-order chi connectivity index (χ1) is 9.38. The van der Waals surface area contributed by atoms with Gasteiger partial charge in [0, 0.05) is 11.6 Å². The number of carbonyl (C=O) groups is 1. The fraction of sp³-hybridized carbons (Fsp3) is 0.133. The number of carbonyl (C=O) groups excluding carboxylic acids is 1. The highest BCUT2D eigenvalue weighted by molar-refractivity contribution is 6.05. The Morgan fingerprint density at radius 3 is 2.45 bits per heavy atom. The van der Waals surface area contributed by atoms with Gasteiger partial charge >= 0.3 is 0 Å². The van der Waals surface area contributed by atoms with Crippen molar-refractivity contribution in [3.8, 4) is 0 Å². The highest BCUT2D eigenvalue weighted by atomic mass is 19.1. The normalized spacial score (nSPS) is 10.4. The van der Waals surface area contributed by atoms with E-state index in [1.54, 1.807) is 19.1 Å². The molecule has 104 valence electrons. The van der Waals surface area contributed by atoms with Gasteiger partial charge in [-0.05, 0) is 31.5 Å². The smallest absolute Gasteiger partial charge is 0.256 e. The van der Waals surface area contributed by atoms with Crippen molar-refractivity contribution in [2.24, 2.45) is 0 Å². The molecule has 0 aliphatic carbocycles. The summed E-state index contributed by atoms with van der Waals surface area (Å²) in [5.74, 6) is -2.19. The van der Waals surface area contributed by atoms with E-state index in [4.69, 9.17) is 5.73 Å². The van der Waals surface area contributed by atoms with Crippen molar-refractivity contribution in [1.29, 1.82) is 0 Å². The summed E-state index contributed by atoms with van der Waals surface area (Å²) >= 11 is 0. The molecule has 3 nitrogen and oxygen atoms in total. The lowest BCUT2D eigenvalue weighted by Gasteiger charge is -2.10. The van der Waals surface area contributed by atoms with Crippen molar-refractivity contribution in [3.63, 3.8) is 0 Å². The monoisotopic (exact) mass is 276 g/mol. The Morgan fingerprint density at radius 2 is 1.80 bits per heavy atom. The van der Waals surface area contributed by atoms with Gasteiger partial charge in [0.1, 0.15) is 11.6 Å². The van der Waals surface area contributed by atoms with Crippen LogP contribution in [0.2, 0.25) is 0 Å². The summed E-state index contributed by atoms with van der Waals surface area (Å²) in [7, 11) is 0. The van der Waals surface area contributed by atoms with Crippen LogP contribution in [-0.4, -0.2) is 5.91 Å². The van der Waals surface area contributed by atoms with Crippen LogP contribution in [0.4, 0.5) is 20.2 Å². The first-order valence-electron chi connectivity index (χ1n) is 6.01. The Bertz CT molecular complexity index is 684. The molecule has 0 radical (unpaired) electrons. The minimum absolute atomic E-state index is 0.145. The van der Waals surface area contributed by atoms with Crippen LogP contribution < -0.4 is 11.1 Å². The lowest BCUT2D eigenvalue weighted by molar-refractivity contribution is 0.102. The van der Waals surface area contributed by atoms with Gasteiger partial charge in [0.25, 0.3) is 5.91 Å². The Morgan fingerprint density at radius 1 is 1.10 bits per heavy atom. The van der Waals surface area contributed by atoms with E-state index in [1.165, 1.54) is 0 Å². The third-order valence-corrected chi connectivity index (χ3v) is 2.96. The van der Waals surface area contributed by atoms with Gasteiger partial charge in [0.15, 0.2) is 0 Å². The number of anilines is 2. The molecule has 5 heteroatoms. The van der Waals surface area contributed by atoms with E-state index in [-0.39, 0.29) is 11.4 Å². The highest BCUT2D eigenvalue weighted by Gasteiger charge is 2.13. The van der Waals surface area contributed by atoms with Crippen molar-refractivity contribution in [2.75, 3.05) is 11.1 Å². The van der Waals surface area contributed by atoms with Crippen LogP contribution in [0.5, 0.6) is 0 Å². The predicted molar refractivity (Wildman–Crippen MR) is 74.6 cm³/mol. The number of hydrogen-bond donors (Lipinski definition) is 2. The molecule has 0 aliphatic rings. The molecule has 0 saturated carbocycles. The van der Waals surface area contributed by atoms with Crippen molar-refractivity contribution < 1.29 is 13.6 Å². The van der Waals surface area contributed by atoms with Crippen LogP contribution in [0.3, 0.4) is 0 Å². The van der Waals surface area contributed by atoms with Crippen LogP contribution in [0, 0.1) is 25.5 Å². The zero-order valence-electron chi connectivity index (χ0n) is 11.1. The number of hydrogen-bond acceptors (Lipinski definition) is 2. The van der Waals surface area contributed by atoms with Crippen molar-refractivity contribution in [3.05, 3.63) is 58.7 Å². The average molecular weight is 276 g/mol. The first-order valence-corrected chi connectivity index (χ1v) is 6.01. The molecule has 2 aromatic rings. The summed E-state index contributed by atoms with van der Waals surface area (Å²) in [5.41, 5.74) is 7.22. The van der Waals surface area contributed by atoms with E-state index in [0.717, 1.165) is 17.2 Å². The summed E-state index contributed by atoms with van der Waals surface area (Å²) in [6.07, 6.45) is 0. The number of aryl methyl sites for hydroxylation is 2. The molecule has 0 atom stereocenters. The zero-order valence-corrected chi connectivity index (χ0v) is 11.1. The Balaban J connectivity index is 2.30. The zero-order chi connectivity index (χ0) is 14.9. The van der Waals surface area contributed by atoms with Gasteiger partial charge in [-0.15, -0.1) is 0 Å². The van der Waals surface area contributed by atoms with E-state index in [9.17, 15) is 13.6 Å². The maximum absolute atomic E-state index is 13.6. The lowest BCUT2D eigenvalue weighted by Crippen LogP contribution is -2.15. The second-order valence-corrected chi connectivity index (χ2v) is 4.63. The molecule has 0 saturated heterocycles. The van der Waals surface area contributed by atoms with Crippen LogP contribution in [0.1, 0.15) is 21.5 Å². The van der Waals surface area contributed by atoms with Crippen LogP contribution in [-0.2, 0) is 0 Å². The molecule has 1 amide bonds. The maximum Gasteiger partial charge on any atom is 0.256 e. The lowest BCUT2D eigenvalue weighted by atomic mass is 10.1. The molecule has 0 unspecified atom stereocenters. The van der Waals surface area contributed by atoms with Gasteiger partial charge in [-0.2, -0.15) is 0 Å². The van der Waals surface area contributed by atoms with Gasteiger partial charge in [-0.3, -0.25) is 4.79 Å². The molecule has 0 spiro atoms. The molecular formula is C15H14F2N2O. The summed E-state index contributed by atoms with van der Waals surface area (Å²) in [6, 6.07) is 7.01. The van der Waals surface area contributed by atoms with Crippen molar-refractivity contribution >= 4 is 17.3 Å². The third-order valence-electron chi connectivity index (χ3n) is 2.96. The topological polar surface area (TPSA) is 55.1 Å². The third kappa shape index (κ3) is 2.77. The fourth-order valence-corrected chi connectivity index (χ4v) is 1.92. The molecule has 0 aliphatic heterocycles. The van der Waals surface area contributed by atoms with Gasteiger partial charge in [-0.1, -0.05) is 17.7 Å². The number of benzene rings is 2. The van der Waals surface area contributed by atoms with E-state index in [1.807, 2.05) is 13.0 Å². The molecule has 2 rings (SSSR count). The summed E-state index contributed by atoms with van der Waals surface area (Å²) in [4.78, 5) is 12.1. The molecular weight excluding hydrogens is 262 g/mol. The van der Waals surface area contributed by atoms with Crippen LogP contribution in [0.25, 0.3) is 0 Å². The van der Waals surface area contributed by atoms with Crippen LogP contribution >= 0.6 is 0 Å². The van der Waals surface area contributed by atoms with Crippen LogP contribution in [0.15, 0.2) is 30.3 Å². The van der Waals surface area contributed by atoms with Gasteiger partial charge < -0.3 is 11.1 Å². The first kappa shape index (κ1) is 14.0. The quantitative estimate of drug-likeness (QED) is 0.826. The van der Waals surface area contributed by atoms with E-state index in [0.29, 0.717) is 11.6 Å². The molecule has 20 heavy (non-hydrogen) atoms. The van der Waals surface area contributed by atoms with Crippen molar-refractivity contribution in [2.45, 2.75) is 13.8 Å². The molecule has 0 fully saturated rings. The standard InChI is InChI=1S/C15H14F2N2O/c1-8-3-4-10(9(2)5-8)15(20)19-14-7-13(18)11(16)6-12(14)17/h3-7H,18H2,1-2H3,(H,19,20). The number of rotatable bonds is 2. The SMILES string of the molecule is Cc1ccc(C(=O)Nc2cc(N)c(F)cc2F)c(C)c1. The average Bonchev–Trinajstić information content (AvgIpc) is 2.35. The molecule has 0 aromatic heterocycles. The van der Waals surface area contributed by atoms with E-state index < -0.39 is 17.5 Å². The maximum atomic E-state index is 13.6. The summed E-state index contributed by atoms with van der Waals surface area (Å²) < 4.78 is 26.6. The highest BCUT2D eigenvalue weighted by Crippen LogP contribution is 2.22. The van der Waals surface area contributed by atoms with Gasteiger partial charge in [0.05, 0.1) is 11.4 Å². The number of nitrogen functional groups attached to an aromatic ring is 1. The second-order valence-electron chi connectivity index (χ2n) is 4.63. The number of amides is 1. The Hall–Kier alpha value is -2.43. The van der Waals surface area contributed by atoms with Gasteiger partial charge in [-0.25, -0.2) is 8.78 Å². The molecule has 0 heterocycles. The second kappa shape index (κ2) is 5.28. The van der Waals surface area contributed by atoms with E-state index >= 15 is 0 Å². The summed E-state index contributed by atoms with van der Waals surface area (Å²) in [6.45, 7) is 3.70. The molecule has 0 bridgehead atoms. The Labute approximate surface area is 115 Å². The number of halogens is 2. The number of nitrogens with two attached hydrogens (primary N) is 1. The molecule has 3 N–H and O–H groups in total. The van der Waals surface area contributed by atoms with Gasteiger partial charge in [0.2, 0.25) is 0 Å². The molecule has 2 aromatic carbocycles. The minimum atomic E-state index is -0.866. The Kier molecular flexibility index (Phi) is 3.70. The predicted octanol–water partition coefficient (Wildman–Crippen LogP) is 3.42. The largest absolute Gasteiger partial charge is 0.396 e. The minimum Gasteiger partial charge on any atom is -0.396 e. The number of nitrogens with one attached hydrogen (secondary N) is 1. The van der Waals surface area contributed by atoms with Crippen molar-refractivity contribution in [1.82, 2.24) is 0 Å².